The first-order chi connectivity index (χ1) is 16.7. The maximum absolute atomic E-state index is 12.4. The second-order valence-corrected chi connectivity index (χ2v) is 9.88. The van der Waals surface area contributed by atoms with Gasteiger partial charge in [-0.05, 0) is 67.5 Å². The lowest BCUT2D eigenvalue weighted by Crippen LogP contribution is -2.15. The number of nitrogens with zero attached hydrogens (tertiary/aromatic N) is 1. The highest BCUT2D eigenvalue weighted by atomic mass is 16.5. The van der Waals surface area contributed by atoms with Crippen LogP contribution in [0.2, 0.25) is 0 Å². The molecule has 0 atom stereocenters. The molecule has 0 saturated heterocycles. The zero-order valence-corrected chi connectivity index (χ0v) is 21.3. The highest BCUT2D eigenvalue weighted by Crippen LogP contribution is 2.34. The second-order valence-electron chi connectivity index (χ2n) is 9.88. The summed E-state index contributed by atoms with van der Waals surface area (Å²) < 4.78 is 11.2. The van der Waals surface area contributed by atoms with E-state index in [2.05, 4.69) is 18.8 Å². The normalized spacial score (nSPS) is 17.9. The Balaban J connectivity index is 1.36. The minimum Gasteiger partial charge on any atom is -0.494 e. The van der Waals surface area contributed by atoms with Crippen molar-refractivity contribution in [2.75, 3.05) is 6.61 Å². The summed E-state index contributed by atoms with van der Waals surface area (Å²) in [5.41, 5.74) is 1.59. The van der Waals surface area contributed by atoms with Crippen LogP contribution in [0.3, 0.4) is 0 Å². The minimum absolute atomic E-state index is 0.374. The SMILES string of the molecule is CCCCCC[C@H]1CC[C@H](CCc2ccc(OC(=O)c3ccc(OCCCC)cc3)cn2)CC1. The van der Waals surface area contributed by atoms with Crippen LogP contribution in [0.4, 0.5) is 0 Å². The monoisotopic (exact) mass is 465 g/mol. The van der Waals surface area contributed by atoms with Gasteiger partial charge in [-0.3, -0.25) is 4.98 Å². The van der Waals surface area contributed by atoms with Crippen molar-refractivity contribution in [1.29, 1.82) is 0 Å². The lowest BCUT2D eigenvalue weighted by atomic mass is 9.78. The molecule has 3 rings (SSSR count). The van der Waals surface area contributed by atoms with Gasteiger partial charge in [0.25, 0.3) is 0 Å². The van der Waals surface area contributed by atoms with Crippen LogP contribution in [0.15, 0.2) is 42.6 Å². The second kappa shape index (κ2) is 14.8. The van der Waals surface area contributed by atoms with Gasteiger partial charge in [0.15, 0.2) is 0 Å². The smallest absolute Gasteiger partial charge is 0.343 e. The zero-order chi connectivity index (χ0) is 24.0. The quantitative estimate of drug-likeness (QED) is 0.208. The van der Waals surface area contributed by atoms with Crippen LogP contribution in [0.25, 0.3) is 0 Å². The molecule has 34 heavy (non-hydrogen) atoms. The third-order valence-corrected chi connectivity index (χ3v) is 7.11. The van der Waals surface area contributed by atoms with Crippen molar-refractivity contribution in [1.82, 2.24) is 4.98 Å². The first-order valence-electron chi connectivity index (χ1n) is 13.6. The van der Waals surface area contributed by atoms with E-state index in [0.29, 0.717) is 17.9 Å². The summed E-state index contributed by atoms with van der Waals surface area (Å²) in [5.74, 6) is 2.68. The fourth-order valence-corrected chi connectivity index (χ4v) is 4.83. The van der Waals surface area contributed by atoms with E-state index >= 15 is 0 Å². The van der Waals surface area contributed by atoms with Crippen LogP contribution in [0.5, 0.6) is 11.5 Å². The number of benzene rings is 1. The van der Waals surface area contributed by atoms with Crippen molar-refractivity contribution < 1.29 is 14.3 Å². The number of carbonyl (C=O) groups excluding carboxylic acids is 1. The van der Waals surface area contributed by atoms with Crippen molar-refractivity contribution >= 4 is 5.97 Å². The summed E-state index contributed by atoms with van der Waals surface area (Å²) in [6.45, 7) is 5.11. The van der Waals surface area contributed by atoms with E-state index in [-0.39, 0.29) is 5.97 Å². The summed E-state index contributed by atoms with van der Waals surface area (Å²) in [6.07, 6.45) is 18.5. The Morgan fingerprint density at radius 1 is 0.824 bits per heavy atom. The molecule has 1 aromatic carbocycles. The van der Waals surface area contributed by atoms with Gasteiger partial charge in [-0.25, -0.2) is 4.79 Å². The van der Waals surface area contributed by atoms with E-state index in [1.54, 1.807) is 18.3 Å². The topological polar surface area (TPSA) is 48.4 Å². The van der Waals surface area contributed by atoms with Crippen molar-refractivity contribution in [3.05, 3.63) is 53.9 Å². The fourth-order valence-electron chi connectivity index (χ4n) is 4.83. The van der Waals surface area contributed by atoms with E-state index < -0.39 is 0 Å². The molecule has 0 spiro atoms. The predicted molar refractivity (Wildman–Crippen MR) is 139 cm³/mol. The summed E-state index contributed by atoms with van der Waals surface area (Å²) in [4.78, 5) is 17.0. The van der Waals surface area contributed by atoms with E-state index in [0.717, 1.165) is 42.5 Å². The summed E-state index contributed by atoms with van der Waals surface area (Å²) in [6, 6.07) is 11.0. The molecule has 0 unspecified atom stereocenters. The number of esters is 1. The summed E-state index contributed by atoms with van der Waals surface area (Å²) in [5, 5.41) is 0. The Hall–Kier alpha value is -2.36. The van der Waals surface area contributed by atoms with Crippen molar-refractivity contribution in [2.45, 2.75) is 97.3 Å². The van der Waals surface area contributed by atoms with Crippen molar-refractivity contribution in [3.63, 3.8) is 0 Å². The maximum atomic E-state index is 12.4. The van der Waals surface area contributed by atoms with Crippen LogP contribution in [0, 0.1) is 11.8 Å². The van der Waals surface area contributed by atoms with E-state index in [1.165, 1.54) is 64.2 Å². The first kappa shape index (κ1) is 26.2. The molecule has 0 bridgehead atoms. The molecule has 0 N–H and O–H groups in total. The van der Waals surface area contributed by atoms with Crippen LogP contribution in [-0.2, 0) is 6.42 Å². The lowest BCUT2D eigenvalue weighted by molar-refractivity contribution is 0.0734. The van der Waals surface area contributed by atoms with Gasteiger partial charge < -0.3 is 9.47 Å². The number of hydrogen-bond donors (Lipinski definition) is 0. The van der Waals surface area contributed by atoms with Gasteiger partial charge in [-0.15, -0.1) is 0 Å². The first-order valence-corrected chi connectivity index (χ1v) is 13.6. The number of unbranched alkanes of at least 4 members (excludes halogenated alkanes) is 4. The third-order valence-electron chi connectivity index (χ3n) is 7.11. The zero-order valence-electron chi connectivity index (χ0n) is 21.3. The molecule has 186 valence electrons. The minimum atomic E-state index is -0.374. The fraction of sp³-hybridized carbons (Fsp3) is 0.600. The van der Waals surface area contributed by atoms with Crippen molar-refractivity contribution in [3.8, 4) is 11.5 Å². The highest BCUT2D eigenvalue weighted by molar-refractivity contribution is 5.91. The number of aryl methyl sites for hydroxylation is 1. The predicted octanol–water partition coefficient (Wildman–Crippen LogP) is 8.19. The Labute approximate surface area is 206 Å². The average molecular weight is 466 g/mol. The molecule has 4 nitrogen and oxygen atoms in total. The molecule has 1 aromatic heterocycles. The molecule has 1 aliphatic rings. The van der Waals surface area contributed by atoms with Crippen LogP contribution >= 0.6 is 0 Å². The molecule has 0 aliphatic heterocycles. The van der Waals surface area contributed by atoms with E-state index in [1.807, 2.05) is 24.3 Å². The molecule has 0 amide bonds. The Morgan fingerprint density at radius 3 is 2.15 bits per heavy atom. The van der Waals surface area contributed by atoms with Gasteiger partial charge in [0, 0.05) is 5.69 Å². The Kier molecular flexibility index (Phi) is 11.4. The Morgan fingerprint density at radius 2 is 1.50 bits per heavy atom. The summed E-state index contributed by atoms with van der Waals surface area (Å²) >= 11 is 0. The number of rotatable bonds is 14. The van der Waals surface area contributed by atoms with Gasteiger partial charge in [-0.1, -0.05) is 78.1 Å². The van der Waals surface area contributed by atoms with Gasteiger partial charge in [0.2, 0.25) is 0 Å². The van der Waals surface area contributed by atoms with E-state index in [4.69, 9.17) is 9.47 Å². The average Bonchev–Trinajstić information content (AvgIpc) is 2.87. The number of hydrogen-bond acceptors (Lipinski definition) is 4. The molecule has 0 radical (unpaired) electrons. The lowest BCUT2D eigenvalue weighted by Gasteiger charge is -2.28. The van der Waals surface area contributed by atoms with Crippen molar-refractivity contribution in [2.24, 2.45) is 11.8 Å². The molecular formula is C30H43NO3. The maximum Gasteiger partial charge on any atom is 0.343 e. The number of ether oxygens (including phenoxy) is 2. The van der Waals surface area contributed by atoms with Gasteiger partial charge in [0.1, 0.15) is 11.5 Å². The third kappa shape index (κ3) is 9.12. The number of pyridine rings is 1. The van der Waals surface area contributed by atoms with Gasteiger partial charge in [-0.2, -0.15) is 0 Å². The molecule has 4 heteroatoms. The molecule has 1 aliphatic carbocycles. The summed E-state index contributed by atoms with van der Waals surface area (Å²) in [7, 11) is 0. The van der Waals surface area contributed by atoms with Gasteiger partial charge >= 0.3 is 5.97 Å². The van der Waals surface area contributed by atoms with Crippen LogP contribution in [0.1, 0.15) is 107 Å². The molecule has 1 heterocycles. The number of aromatic nitrogens is 1. The molecule has 1 saturated carbocycles. The van der Waals surface area contributed by atoms with Crippen LogP contribution < -0.4 is 9.47 Å². The molecular weight excluding hydrogens is 422 g/mol. The largest absolute Gasteiger partial charge is 0.494 e. The van der Waals surface area contributed by atoms with Gasteiger partial charge in [0.05, 0.1) is 18.4 Å². The number of carbonyl (C=O) groups is 1. The highest BCUT2D eigenvalue weighted by Gasteiger charge is 2.20. The molecule has 1 fully saturated rings. The Bertz CT molecular complexity index is 823. The van der Waals surface area contributed by atoms with E-state index in [9.17, 15) is 4.79 Å². The van der Waals surface area contributed by atoms with Crippen LogP contribution in [-0.4, -0.2) is 17.6 Å². The standard InChI is InChI=1S/C30H43NO3/c1-3-5-7-8-9-24-10-12-25(13-11-24)14-17-27-18-21-29(23-31-27)34-30(32)26-15-19-28(20-16-26)33-22-6-4-2/h15-16,18-21,23-25H,3-14,17,22H2,1-2H3/t24-,25-. The molecule has 2 aromatic rings.